The molecule has 3 heterocycles. The second-order valence-electron chi connectivity index (χ2n) is 9.11. The molecule has 0 aliphatic carbocycles. The summed E-state index contributed by atoms with van der Waals surface area (Å²) in [5.74, 6) is 0.649. The number of hydrogen-bond donors (Lipinski definition) is 0. The van der Waals surface area contributed by atoms with Crippen LogP contribution in [0.5, 0.6) is 0 Å². The van der Waals surface area contributed by atoms with Crippen LogP contribution in [0.4, 0.5) is 0 Å². The van der Waals surface area contributed by atoms with Gasteiger partial charge in [0.05, 0.1) is 17.1 Å². The Balaban J connectivity index is 1.76. The smallest absolute Gasteiger partial charge is 0.265 e. The van der Waals surface area contributed by atoms with Gasteiger partial charge < -0.3 is 0 Å². The molecule has 0 aliphatic heterocycles. The highest BCUT2D eigenvalue weighted by molar-refractivity contribution is 6.05. The molecule has 0 amide bonds. The third kappa shape index (κ3) is 3.25. The fourth-order valence-corrected chi connectivity index (χ4v) is 4.86. The van der Waals surface area contributed by atoms with Crippen molar-refractivity contribution in [1.82, 2.24) is 24.1 Å². The zero-order valence-corrected chi connectivity index (χ0v) is 20.1. The molecule has 0 radical (unpaired) electrons. The predicted molar refractivity (Wildman–Crippen MR) is 140 cm³/mol. The summed E-state index contributed by atoms with van der Waals surface area (Å²) >= 11 is 0. The van der Waals surface area contributed by atoms with Crippen LogP contribution in [-0.4, -0.2) is 24.1 Å². The lowest BCUT2D eigenvalue weighted by Crippen LogP contribution is -2.27. The molecule has 0 saturated heterocycles. The first-order chi connectivity index (χ1) is 16.9. The number of nitrogens with zero attached hydrogens (tertiary/aromatic N) is 5. The van der Waals surface area contributed by atoms with Crippen molar-refractivity contribution in [3.8, 4) is 5.69 Å². The van der Waals surface area contributed by atoms with E-state index in [0.29, 0.717) is 28.0 Å². The SMILES string of the molecule is Cc1ccc(-n2c3nc4ccccc4nc3c3c(=O)n(C(C)c4ccccc4)c(C)nc32)cc1C. The molecule has 3 aromatic carbocycles. The van der Waals surface area contributed by atoms with Crippen LogP contribution >= 0.6 is 0 Å². The van der Waals surface area contributed by atoms with E-state index in [4.69, 9.17) is 15.0 Å². The second kappa shape index (κ2) is 7.87. The molecule has 6 heteroatoms. The fraction of sp³-hybridized carbons (Fsp3) is 0.172. The van der Waals surface area contributed by atoms with Gasteiger partial charge in [-0.3, -0.25) is 13.9 Å². The Kier molecular flexibility index (Phi) is 4.78. The van der Waals surface area contributed by atoms with Crippen LogP contribution in [0.25, 0.3) is 38.9 Å². The lowest BCUT2D eigenvalue weighted by Gasteiger charge is -2.18. The van der Waals surface area contributed by atoms with Gasteiger partial charge in [-0.1, -0.05) is 48.5 Å². The predicted octanol–water partition coefficient (Wildman–Crippen LogP) is 5.82. The molecule has 6 aromatic rings. The minimum Gasteiger partial charge on any atom is -0.289 e. The van der Waals surface area contributed by atoms with Crippen LogP contribution in [0.1, 0.15) is 35.5 Å². The topological polar surface area (TPSA) is 65.6 Å². The van der Waals surface area contributed by atoms with Gasteiger partial charge in [0.25, 0.3) is 5.56 Å². The van der Waals surface area contributed by atoms with E-state index in [1.165, 1.54) is 5.56 Å². The van der Waals surface area contributed by atoms with Crippen LogP contribution in [0.3, 0.4) is 0 Å². The summed E-state index contributed by atoms with van der Waals surface area (Å²) in [4.78, 5) is 29.0. The normalized spacial score (nSPS) is 12.6. The summed E-state index contributed by atoms with van der Waals surface area (Å²) in [5, 5.41) is 0.491. The molecule has 6 rings (SSSR count). The summed E-state index contributed by atoms with van der Waals surface area (Å²) in [7, 11) is 0. The van der Waals surface area contributed by atoms with Gasteiger partial charge in [-0.25, -0.2) is 15.0 Å². The first-order valence-electron chi connectivity index (χ1n) is 11.8. The lowest BCUT2D eigenvalue weighted by molar-refractivity contribution is 0.587. The van der Waals surface area contributed by atoms with Gasteiger partial charge in [-0.15, -0.1) is 0 Å². The van der Waals surface area contributed by atoms with Crippen molar-refractivity contribution in [3.63, 3.8) is 0 Å². The van der Waals surface area contributed by atoms with Crippen LogP contribution < -0.4 is 5.56 Å². The van der Waals surface area contributed by atoms with Crippen molar-refractivity contribution < 1.29 is 0 Å². The Morgan fingerprint density at radius 2 is 1.43 bits per heavy atom. The zero-order chi connectivity index (χ0) is 24.3. The molecule has 0 N–H and O–H groups in total. The monoisotopic (exact) mass is 459 g/mol. The van der Waals surface area contributed by atoms with E-state index in [9.17, 15) is 4.79 Å². The Morgan fingerprint density at radius 1 is 0.743 bits per heavy atom. The van der Waals surface area contributed by atoms with Crippen molar-refractivity contribution in [2.75, 3.05) is 0 Å². The molecule has 1 atom stereocenters. The van der Waals surface area contributed by atoms with E-state index in [2.05, 4.69) is 26.0 Å². The molecule has 0 bridgehead atoms. The molecule has 0 aliphatic rings. The van der Waals surface area contributed by atoms with E-state index >= 15 is 0 Å². The average molecular weight is 460 g/mol. The second-order valence-corrected chi connectivity index (χ2v) is 9.11. The molecule has 6 nitrogen and oxygen atoms in total. The highest BCUT2D eigenvalue weighted by atomic mass is 16.1. The third-order valence-electron chi connectivity index (χ3n) is 6.90. The van der Waals surface area contributed by atoms with Crippen molar-refractivity contribution in [1.29, 1.82) is 0 Å². The maximum Gasteiger partial charge on any atom is 0.265 e. The number of aromatic nitrogens is 5. The Hall–Kier alpha value is -4.32. The Morgan fingerprint density at radius 3 is 2.14 bits per heavy atom. The van der Waals surface area contributed by atoms with Gasteiger partial charge >= 0.3 is 0 Å². The molecular weight excluding hydrogens is 434 g/mol. The Bertz CT molecular complexity index is 1820. The number of benzene rings is 3. The molecular formula is C29H25N5O. The average Bonchev–Trinajstić information content (AvgIpc) is 3.17. The summed E-state index contributed by atoms with van der Waals surface area (Å²) in [5.41, 5.74) is 7.54. The molecule has 0 fully saturated rings. The highest BCUT2D eigenvalue weighted by Crippen LogP contribution is 2.30. The molecule has 35 heavy (non-hydrogen) atoms. The van der Waals surface area contributed by atoms with Crippen molar-refractivity contribution >= 4 is 33.2 Å². The van der Waals surface area contributed by atoms with Crippen molar-refractivity contribution in [2.45, 2.75) is 33.7 Å². The first-order valence-corrected chi connectivity index (χ1v) is 11.8. The van der Waals surface area contributed by atoms with E-state index in [0.717, 1.165) is 27.8 Å². The maximum absolute atomic E-state index is 14.1. The third-order valence-corrected chi connectivity index (χ3v) is 6.90. The van der Waals surface area contributed by atoms with Crippen molar-refractivity contribution in [2.24, 2.45) is 0 Å². The standard InChI is InChI=1S/C29H25N5O/c1-17-14-15-22(16-18(17)2)34-27-25(26-28(34)32-24-13-9-8-12-23(24)31-26)29(35)33(20(4)30-27)19(3)21-10-6-5-7-11-21/h5-16,19H,1-4H3. The minimum atomic E-state index is -0.172. The number of fused-ring (bicyclic) bond motifs is 4. The van der Waals surface area contributed by atoms with E-state index in [1.807, 2.05) is 79.1 Å². The van der Waals surface area contributed by atoms with Gasteiger partial charge in [0.2, 0.25) is 0 Å². The van der Waals surface area contributed by atoms with Crippen molar-refractivity contribution in [3.05, 3.63) is 106 Å². The van der Waals surface area contributed by atoms with E-state index < -0.39 is 0 Å². The number of hydrogen-bond acceptors (Lipinski definition) is 4. The number of para-hydroxylation sites is 2. The summed E-state index contributed by atoms with van der Waals surface area (Å²) in [6.07, 6.45) is 0. The summed E-state index contributed by atoms with van der Waals surface area (Å²) < 4.78 is 3.74. The number of rotatable bonds is 3. The molecule has 0 saturated carbocycles. The van der Waals surface area contributed by atoms with Crippen LogP contribution in [0, 0.1) is 20.8 Å². The van der Waals surface area contributed by atoms with Gasteiger partial charge in [-0.05, 0) is 68.7 Å². The zero-order valence-electron chi connectivity index (χ0n) is 20.1. The molecule has 172 valence electrons. The van der Waals surface area contributed by atoms with Gasteiger partial charge in [0, 0.05) is 5.69 Å². The highest BCUT2D eigenvalue weighted by Gasteiger charge is 2.24. The van der Waals surface area contributed by atoms with Gasteiger partial charge in [0.15, 0.2) is 11.3 Å². The minimum absolute atomic E-state index is 0.110. The maximum atomic E-state index is 14.1. The quantitative estimate of drug-likeness (QED) is 0.335. The lowest BCUT2D eigenvalue weighted by atomic mass is 10.1. The van der Waals surface area contributed by atoms with Gasteiger partial charge in [0.1, 0.15) is 16.7 Å². The largest absolute Gasteiger partial charge is 0.289 e. The van der Waals surface area contributed by atoms with Crippen LogP contribution in [0.2, 0.25) is 0 Å². The molecule has 1 unspecified atom stereocenters. The van der Waals surface area contributed by atoms with Crippen LogP contribution in [-0.2, 0) is 0 Å². The fourth-order valence-electron chi connectivity index (χ4n) is 4.86. The first kappa shape index (κ1) is 21.2. The van der Waals surface area contributed by atoms with Crippen LogP contribution in [0.15, 0.2) is 77.6 Å². The number of aryl methyl sites for hydroxylation is 3. The van der Waals surface area contributed by atoms with E-state index in [1.54, 1.807) is 4.57 Å². The summed E-state index contributed by atoms with van der Waals surface area (Å²) in [6, 6.07) is 23.8. The Labute approximate surface area is 202 Å². The van der Waals surface area contributed by atoms with Gasteiger partial charge in [-0.2, -0.15) is 0 Å². The summed E-state index contributed by atoms with van der Waals surface area (Å²) in [6.45, 7) is 8.09. The molecule has 3 aromatic heterocycles. The van der Waals surface area contributed by atoms with E-state index in [-0.39, 0.29) is 11.6 Å². The molecule has 0 spiro atoms.